The third-order valence-electron chi connectivity index (χ3n) is 4.98. The van der Waals surface area contributed by atoms with Gasteiger partial charge in [0.1, 0.15) is 14.0 Å². The van der Waals surface area contributed by atoms with Crippen molar-refractivity contribution < 1.29 is 4.43 Å². The molecule has 0 aliphatic carbocycles. The normalized spacial score (nSPS) is 14.6. The topological polar surface area (TPSA) is 21.3 Å². The standard InChI is InChI=1S/C20H39NOSi2/c1-18(2,3)24(19(4,5)6,20(7,8)9)21-23(10,11)22-17-15-13-12-14-16-17/h12-16,21H,1-11H3. The Hall–Kier alpha value is -0.586. The lowest BCUT2D eigenvalue weighted by molar-refractivity contribution is 0.493. The summed E-state index contributed by atoms with van der Waals surface area (Å²) < 4.78 is 10.7. The van der Waals surface area contributed by atoms with E-state index in [4.69, 9.17) is 4.43 Å². The molecule has 138 valence electrons. The van der Waals surface area contributed by atoms with Gasteiger partial charge in [0, 0.05) is 0 Å². The number of para-hydroxylation sites is 1. The summed E-state index contributed by atoms with van der Waals surface area (Å²) in [5, 5.41) is 0.648. The van der Waals surface area contributed by atoms with Gasteiger partial charge >= 0.3 is 8.48 Å². The Kier molecular flexibility index (Phi) is 5.91. The first-order valence-corrected chi connectivity index (χ1v) is 14.0. The highest BCUT2D eigenvalue weighted by molar-refractivity contribution is 6.95. The second-order valence-electron chi connectivity index (χ2n) is 10.6. The molecule has 1 rings (SSSR count). The van der Waals surface area contributed by atoms with Crippen LogP contribution in [0, 0.1) is 0 Å². The summed E-state index contributed by atoms with van der Waals surface area (Å²) in [5.41, 5.74) is 0. The van der Waals surface area contributed by atoms with Gasteiger partial charge in [0.05, 0.1) is 0 Å². The average Bonchev–Trinajstić information content (AvgIpc) is 2.32. The highest BCUT2D eigenvalue weighted by Gasteiger charge is 2.62. The largest absolute Gasteiger partial charge is 0.530 e. The molecule has 1 N–H and O–H groups in total. The number of benzene rings is 1. The van der Waals surface area contributed by atoms with Crippen molar-refractivity contribution in [3.05, 3.63) is 30.3 Å². The third-order valence-corrected chi connectivity index (χ3v) is 16.4. The minimum Gasteiger partial charge on any atom is -0.530 e. The second kappa shape index (κ2) is 6.62. The predicted octanol–water partition coefficient (Wildman–Crippen LogP) is 6.70. The van der Waals surface area contributed by atoms with Crippen LogP contribution in [0.5, 0.6) is 5.75 Å². The first kappa shape index (κ1) is 21.5. The van der Waals surface area contributed by atoms with Crippen LogP contribution in [0.3, 0.4) is 0 Å². The Morgan fingerprint density at radius 3 is 1.42 bits per heavy atom. The summed E-state index contributed by atoms with van der Waals surface area (Å²) in [6, 6.07) is 10.2. The van der Waals surface area contributed by atoms with Crippen molar-refractivity contribution in [2.75, 3.05) is 0 Å². The fraction of sp³-hybridized carbons (Fsp3) is 0.700. The van der Waals surface area contributed by atoms with Gasteiger partial charge in [-0.2, -0.15) is 0 Å². The maximum atomic E-state index is 6.51. The minimum atomic E-state index is -2.10. The molecule has 0 radical (unpaired) electrons. The zero-order valence-electron chi connectivity index (χ0n) is 17.8. The van der Waals surface area contributed by atoms with E-state index in [9.17, 15) is 0 Å². The molecule has 0 fully saturated rings. The van der Waals surface area contributed by atoms with Crippen molar-refractivity contribution in [1.82, 2.24) is 4.65 Å². The van der Waals surface area contributed by atoms with Crippen LogP contribution in [0.4, 0.5) is 0 Å². The van der Waals surface area contributed by atoms with E-state index in [2.05, 4.69) is 92.2 Å². The van der Waals surface area contributed by atoms with Crippen molar-refractivity contribution in [2.45, 2.75) is 90.5 Å². The van der Waals surface area contributed by atoms with Crippen LogP contribution in [0.25, 0.3) is 0 Å². The molecular formula is C20H39NOSi2. The molecule has 0 saturated carbocycles. The van der Waals surface area contributed by atoms with Crippen molar-refractivity contribution >= 4 is 16.7 Å². The lowest BCUT2D eigenvalue weighted by Gasteiger charge is -2.61. The van der Waals surface area contributed by atoms with E-state index in [1.54, 1.807) is 0 Å². The predicted molar refractivity (Wildman–Crippen MR) is 113 cm³/mol. The number of hydrogen-bond acceptors (Lipinski definition) is 2. The molecule has 0 unspecified atom stereocenters. The molecule has 0 amide bonds. The van der Waals surface area contributed by atoms with Crippen molar-refractivity contribution in [3.8, 4) is 5.75 Å². The SMILES string of the molecule is CC(C)(C)[Si](N[Si](C)(C)Oc1ccccc1)(C(C)(C)C)C(C)(C)C. The molecule has 1 aromatic rings. The second-order valence-corrected chi connectivity index (χ2v) is 20.8. The summed E-state index contributed by atoms with van der Waals surface area (Å²) in [7, 11) is -4.10. The first-order chi connectivity index (χ1) is 10.5. The number of nitrogens with one attached hydrogen (secondary N) is 1. The van der Waals surface area contributed by atoms with Gasteiger partial charge in [-0.25, -0.2) is 0 Å². The Morgan fingerprint density at radius 1 is 0.708 bits per heavy atom. The van der Waals surface area contributed by atoms with Crippen LogP contribution in [0.2, 0.25) is 28.2 Å². The zero-order chi connectivity index (χ0) is 19.0. The van der Waals surface area contributed by atoms with E-state index in [1.807, 2.05) is 18.2 Å². The fourth-order valence-electron chi connectivity index (χ4n) is 5.20. The zero-order valence-corrected chi connectivity index (χ0v) is 19.8. The molecule has 0 atom stereocenters. The van der Waals surface area contributed by atoms with Gasteiger partial charge in [-0.05, 0) is 40.3 Å². The Labute approximate surface area is 152 Å². The highest BCUT2D eigenvalue weighted by Crippen LogP contribution is 2.60. The van der Waals surface area contributed by atoms with Crippen molar-refractivity contribution in [2.24, 2.45) is 0 Å². The van der Waals surface area contributed by atoms with E-state index in [-0.39, 0.29) is 15.1 Å². The van der Waals surface area contributed by atoms with Gasteiger partial charge in [-0.3, -0.25) is 0 Å². The quantitative estimate of drug-likeness (QED) is 0.599. The lowest BCUT2D eigenvalue weighted by Crippen LogP contribution is -2.75. The maximum Gasteiger partial charge on any atom is 0.316 e. The van der Waals surface area contributed by atoms with Crippen LogP contribution in [0.1, 0.15) is 62.3 Å². The van der Waals surface area contributed by atoms with Crippen LogP contribution >= 0.6 is 0 Å². The Bertz CT molecular complexity index is 497. The van der Waals surface area contributed by atoms with Crippen molar-refractivity contribution in [1.29, 1.82) is 0 Å². The molecule has 0 bridgehead atoms. The van der Waals surface area contributed by atoms with Gasteiger partial charge in [-0.15, -0.1) is 0 Å². The van der Waals surface area contributed by atoms with Gasteiger partial charge in [-0.1, -0.05) is 80.5 Å². The third kappa shape index (κ3) is 4.33. The molecule has 0 aliphatic rings. The van der Waals surface area contributed by atoms with Gasteiger partial charge in [0.15, 0.2) is 0 Å². The molecule has 0 heterocycles. The van der Waals surface area contributed by atoms with E-state index >= 15 is 0 Å². The van der Waals surface area contributed by atoms with Crippen LogP contribution in [-0.2, 0) is 0 Å². The smallest absolute Gasteiger partial charge is 0.316 e. The number of rotatable bonds is 4. The van der Waals surface area contributed by atoms with Gasteiger partial charge in [0.2, 0.25) is 0 Å². The van der Waals surface area contributed by atoms with E-state index < -0.39 is 16.7 Å². The molecule has 4 heteroatoms. The molecule has 2 nitrogen and oxygen atoms in total. The molecule has 1 aromatic carbocycles. The molecular weight excluding hydrogens is 326 g/mol. The summed E-state index contributed by atoms with van der Waals surface area (Å²) in [4.78, 5) is 0. The summed E-state index contributed by atoms with van der Waals surface area (Å²) in [6.45, 7) is 26.3. The van der Waals surface area contributed by atoms with Gasteiger partial charge < -0.3 is 9.07 Å². The lowest BCUT2D eigenvalue weighted by atomic mass is 10.2. The minimum absolute atomic E-state index is 0.216. The van der Waals surface area contributed by atoms with Gasteiger partial charge in [0.25, 0.3) is 0 Å². The van der Waals surface area contributed by atoms with E-state index in [1.165, 1.54) is 0 Å². The van der Waals surface area contributed by atoms with E-state index in [0.717, 1.165) is 5.75 Å². The first-order valence-electron chi connectivity index (χ1n) is 9.07. The molecule has 0 spiro atoms. The molecule has 24 heavy (non-hydrogen) atoms. The fourth-order valence-corrected chi connectivity index (χ4v) is 21.0. The van der Waals surface area contributed by atoms with Crippen LogP contribution in [-0.4, -0.2) is 16.7 Å². The monoisotopic (exact) mass is 365 g/mol. The summed E-state index contributed by atoms with van der Waals surface area (Å²) in [6.07, 6.45) is 0. The Morgan fingerprint density at radius 2 is 1.08 bits per heavy atom. The molecule has 0 aromatic heterocycles. The maximum absolute atomic E-state index is 6.51. The highest BCUT2D eigenvalue weighted by atomic mass is 28.4. The number of hydrogen-bond donors (Lipinski definition) is 1. The van der Waals surface area contributed by atoms with E-state index in [0.29, 0.717) is 0 Å². The average molecular weight is 366 g/mol. The molecule has 0 aliphatic heterocycles. The van der Waals surface area contributed by atoms with Crippen molar-refractivity contribution in [3.63, 3.8) is 0 Å². The van der Waals surface area contributed by atoms with Crippen LogP contribution < -0.4 is 9.07 Å². The summed E-state index contributed by atoms with van der Waals surface area (Å²) in [5.74, 6) is 0.973. The summed E-state index contributed by atoms with van der Waals surface area (Å²) >= 11 is 0. The molecule has 0 saturated heterocycles. The van der Waals surface area contributed by atoms with Crippen LogP contribution in [0.15, 0.2) is 30.3 Å². The Balaban J connectivity index is 3.36.